The summed E-state index contributed by atoms with van der Waals surface area (Å²) < 4.78 is 0. The summed E-state index contributed by atoms with van der Waals surface area (Å²) in [5.74, 6) is 0.508. The van der Waals surface area contributed by atoms with E-state index in [-0.39, 0.29) is 0 Å². The van der Waals surface area contributed by atoms with Crippen molar-refractivity contribution >= 4 is 39.1 Å². The largest absolute Gasteiger partial charge is 0.0884 e. The first-order valence-corrected chi connectivity index (χ1v) is 7.45. The van der Waals surface area contributed by atoms with E-state index < -0.39 is 0 Å². The quantitative estimate of drug-likeness (QED) is 0.452. The Balaban J connectivity index is 2.30. The number of halogens is 3. The SMILES string of the molecule is Clc1cccc(C2CCCCCC2Br)c1Cl. The van der Waals surface area contributed by atoms with E-state index in [2.05, 4.69) is 22.0 Å². The summed E-state index contributed by atoms with van der Waals surface area (Å²) in [6.45, 7) is 0. The molecule has 1 aliphatic rings. The van der Waals surface area contributed by atoms with Crippen LogP contribution in [0.3, 0.4) is 0 Å². The molecule has 1 aromatic rings. The molecule has 1 aromatic carbocycles. The van der Waals surface area contributed by atoms with Gasteiger partial charge in [0.15, 0.2) is 0 Å². The van der Waals surface area contributed by atoms with Crippen LogP contribution >= 0.6 is 39.1 Å². The van der Waals surface area contributed by atoms with Crippen molar-refractivity contribution in [1.82, 2.24) is 0 Å². The molecular weight excluding hydrogens is 307 g/mol. The van der Waals surface area contributed by atoms with Gasteiger partial charge in [0.1, 0.15) is 0 Å². The highest BCUT2D eigenvalue weighted by Crippen LogP contribution is 2.40. The van der Waals surface area contributed by atoms with Gasteiger partial charge in [-0.25, -0.2) is 0 Å². The second kappa shape index (κ2) is 5.75. The summed E-state index contributed by atoms with van der Waals surface area (Å²) in [5, 5.41) is 1.41. The molecule has 88 valence electrons. The Morgan fingerprint density at radius 1 is 1.06 bits per heavy atom. The summed E-state index contributed by atoms with van der Waals surface area (Å²) in [7, 11) is 0. The summed E-state index contributed by atoms with van der Waals surface area (Å²) in [5.41, 5.74) is 1.21. The van der Waals surface area contributed by atoms with Gasteiger partial charge < -0.3 is 0 Å². The lowest BCUT2D eigenvalue weighted by molar-refractivity contribution is 0.613. The normalized spacial score (nSPS) is 26.4. The Bertz CT molecular complexity index is 365. The zero-order valence-corrected chi connectivity index (χ0v) is 12.2. The van der Waals surface area contributed by atoms with E-state index in [0.29, 0.717) is 15.8 Å². The Morgan fingerprint density at radius 3 is 2.62 bits per heavy atom. The average Bonchev–Trinajstić information content (AvgIpc) is 2.47. The molecule has 0 amide bonds. The average molecular weight is 322 g/mol. The molecule has 1 fully saturated rings. The zero-order valence-electron chi connectivity index (χ0n) is 9.06. The van der Waals surface area contributed by atoms with Crippen molar-refractivity contribution < 1.29 is 0 Å². The van der Waals surface area contributed by atoms with E-state index in [4.69, 9.17) is 23.2 Å². The Kier molecular flexibility index (Phi) is 4.57. The van der Waals surface area contributed by atoms with E-state index in [9.17, 15) is 0 Å². The highest BCUT2D eigenvalue weighted by atomic mass is 79.9. The third kappa shape index (κ3) is 2.75. The number of hydrogen-bond donors (Lipinski definition) is 0. The van der Waals surface area contributed by atoms with Crippen LogP contribution in [0.25, 0.3) is 0 Å². The van der Waals surface area contributed by atoms with Crippen molar-refractivity contribution in [3.8, 4) is 0 Å². The van der Waals surface area contributed by atoms with Crippen molar-refractivity contribution in [2.45, 2.75) is 42.8 Å². The molecule has 0 nitrogen and oxygen atoms in total. The molecule has 2 rings (SSSR count). The van der Waals surface area contributed by atoms with Crippen LogP contribution in [0, 0.1) is 0 Å². The van der Waals surface area contributed by atoms with Gasteiger partial charge in [0.05, 0.1) is 10.0 Å². The zero-order chi connectivity index (χ0) is 11.5. The van der Waals surface area contributed by atoms with Crippen molar-refractivity contribution in [2.24, 2.45) is 0 Å². The fourth-order valence-corrected chi connectivity index (χ4v) is 3.74. The molecule has 0 aromatic heterocycles. The van der Waals surface area contributed by atoms with Gasteiger partial charge in [-0.15, -0.1) is 0 Å². The molecule has 0 bridgehead atoms. The molecule has 0 radical (unpaired) electrons. The topological polar surface area (TPSA) is 0 Å². The van der Waals surface area contributed by atoms with Crippen LogP contribution in [0.4, 0.5) is 0 Å². The lowest BCUT2D eigenvalue weighted by Crippen LogP contribution is -2.11. The minimum absolute atomic E-state index is 0.508. The summed E-state index contributed by atoms with van der Waals surface area (Å²) in [4.78, 5) is 0.533. The van der Waals surface area contributed by atoms with Gasteiger partial charge in [-0.1, -0.05) is 70.5 Å². The molecular formula is C13H15BrCl2. The summed E-state index contributed by atoms with van der Waals surface area (Å²) in [6.07, 6.45) is 6.36. The molecule has 2 atom stereocenters. The molecule has 3 heteroatoms. The first-order valence-electron chi connectivity index (χ1n) is 5.78. The van der Waals surface area contributed by atoms with Crippen molar-refractivity contribution in [1.29, 1.82) is 0 Å². The summed E-state index contributed by atoms with van der Waals surface area (Å²) >= 11 is 16.2. The van der Waals surface area contributed by atoms with E-state index in [1.54, 1.807) is 0 Å². The standard InChI is InChI=1S/C13H15BrCl2/c14-11-7-3-1-2-5-9(11)10-6-4-8-12(15)13(10)16/h4,6,8-9,11H,1-3,5,7H2. The Morgan fingerprint density at radius 2 is 1.81 bits per heavy atom. The van der Waals surface area contributed by atoms with Gasteiger partial charge >= 0.3 is 0 Å². The van der Waals surface area contributed by atoms with E-state index in [0.717, 1.165) is 5.02 Å². The van der Waals surface area contributed by atoms with Crippen molar-refractivity contribution in [2.75, 3.05) is 0 Å². The second-order valence-electron chi connectivity index (χ2n) is 4.40. The molecule has 0 aliphatic heterocycles. The maximum atomic E-state index is 6.29. The first-order chi connectivity index (χ1) is 7.70. The lowest BCUT2D eigenvalue weighted by atomic mass is 9.92. The molecule has 0 heterocycles. The number of benzene rings is 1. The lowest BCUT2D eigenvalue weighted by Gasteiger charge is -2.21. The maximum absolute atomic E-state index is 6.29. The van der Waals surface area contributed by atoms with Gasteiger partial charge in [-0.2, -0.15) is 0 Å². The minimum Gasteiger partial charge on any atom is -0.0884 e. The summed E-state index contributed by atoms with van der Waals surface area (Å²) in [6, 6.07) is 5.96. The Labute approximate surface area is 115 Å². The van der Waals surface area contributed by atoms with E-state index in [1.165, 1.54) is 37.7 Å². The molecule has 0 saturated heterocycles. The van der Waals surface area contributed by atoms with Crippen LogP contribution in [0.1, 0.15) is 43.6 Å². The molecule has 16 heavy (non-hydrogen) atoms. The van der Waals surface area contributed by atoms with Crippen LogP contribution in [0.2, 0.25) is 10.0 Å². The fourth-order valence-electron chi connectivity index (χ4n) is 2.42. The maximum Gasteiger partial charge on any atom is 0.0627 e. The highest BCUT2D eigenvalue weighted by molar-refractivity contribution is 9.09. The van der Waals surface area contributed by atoms with Crippen molar-refractivity contribution in [3.63, 3.8) is 0 Å². The van der Waals surface area contributed by atoms with E-state index in [1.807, 2.05) is 12.1 Å². The number of hydrogen-bond acceptors (Lipinski definition) is 0. The first kappa shape index (κ1) is 12.7. The third-order valence-electron chi connectivity index (χ3n) is 3.31. The van der Waals surface area contributed by atoms with Gasteiger partial charge in [0.25, 0.3) is 0 Å². The van der Waals surface area contributed by atoms with Crippen LogP contribution in [0.15, 0.2) is 18.2 Å². The number of alkyl halides is 1. The molecule has 0 spiro atoms. The predicted octanol–water partition coefficient (Wildman–Crippen LogP) is 5.80. The van der Waals surface area contributed by atoms with E-state index >= 15 is 0 Å². The third-order valence-corrected chi connectivity index (χ3v) is 5.24. The second-order valence-corrected chi connectivity index (χ2v) is 6.36. The fraction of sp³-hybridized carbons (Fsp3) is 0.538. The molecule has 1 aliphatic carbocycles. The number of rotatable bonds is 1. The van der Waals surface area contributed by atoms with Crippen LogP contribution in [-0.4, -0.2) is 4.83 Å². The van der Waals surface area contributed by atoms with Gasteiger partial charge in [0.2, 0.25) is 0 Å². The van der Waals surface area contributed by atoms with Gasteiger partial charge in [-0.05, 0) is 30.4 Å². The molecule has 1 saturated carbocycles. The van der Waals surface area contributed by atoms with Crippen molar-refractivity contribution in [3.05, 3.63) is 33.8 Å². The van der Waals surface area contributed by atoms with Crippen LogP contribution < -0.4 is 0 Å². The van der Waals surface area contributed by atoms with Gasteiger partial charge in [0, 0.05) is 4.83 Å². The monoisotopic (exact) mass is 320 g/mol. The predicted molar refractivity (Wildman–Crippen MR) is 75.0 cm³/mol. The Hall–Kier alpha value is 0.280. The smallest absolute Gasteiger partial charge is 0.0627 e. The van der Waals surface area contributed by atoms with Crippen LogP contribution in [-0.2, 0) is 0 Å². The highest BCUT2D eigenvalue weighted by Gasteiger charge is 2.25. The van der Waals surface area contributed by atoms with Gasteiger partial charge in [-0.3, -0.25) is 0 Å². The molecule has 0 N–H and O–H groups in total. The molecule has 2 unspecified atom stereocenters. The van der Waals surface area contributed by atoms with Crippen LogP contribution in [0.5, 0.6) is 0 Å². The minimum atomic E-state index is 0.508.